The number of fused-ring (bicyclic) bond motifs is 1. The zero-order chi connectivity index (χ0) is 38.9. The molecule has 1 atom stereocenters. The van der Waals surface area contributed by atoms with Crippen LogP contribution in [0.1, 0.15) is 96.1 Å². The van der Waals surface area contributed by atoms with Gasteiger partial charge in [0.2, 0.25) is 0 Å². The number of aliphatic imine (C=N–C) groups is 1. The topological polar surface area (TPSA) is 152 Å². The zero-order valence-electron chi connectivity index (χ0n) is 31.6. The molecule has 2 aliphatic rings. The van der Waals surface area contributed by atoms with Crippen LogP contribution in [0, 0.1) is 0 Å². The number of ether oxygens (including phenoxy) is 2. The molecule has 5 rings (SSSR count). The number of amides is 3. The molecule has 0 bridgehead atoms. The van der Waals surface area contributed by atoms with Crippen LogP contribution in [0.4, 0.5) is 16.2 Å². The van der Waals surface area contributed by atoms with E-state index >= 15 is 0 Å². The fourth-order valence-corrected chi connectivity index (χ4v) is 7.81. The Balaban J connectivity index is 1.53. The van der Waals surface area contributed by atoms with Crippen LogP contribution >= 0.6 is 0 Å². The third kappa shape index (κ3) is 7.57. The lowest BCUT2D eigenvalue weighted by molar-refractivity contribution is -0.137. The molecule has 0 aromatic heterocycles. The molecule has 0 saturated carbocycles. The Labute approximate surface area is 311 Å². The molecule has 2 heterocycles. The van der Waals surface area contributed by atoms with E-state index in [1.165, 1.54) is 43.7 Å². The minimum absolute atomic E-state index is 0.0295. The number of sulfonamides is 1. The first kappa shape index (κ1) is 39.2. The molecule has 282 valence electrons. The quantitative estimate of drug-likeness (QED) is 0.135. The number of para-hydroxylation sites is 2. The van der Waals surface area contributed by atoms with Crippen LogP contribution < -0.4 is 10.1 Å². The lowest BCUT2D eigenvalue weighted by Crippen LogP contribution is -2.59. The number of nitrogens with zero attached hydrogens (tertiary/aromatic N) is 3. The molecule has 12 nitrogen and oxygen atoms in total. The van der Waals surface area contributed by atoms with Gasteiger partial charge < -0.3 is 14.8 Å². The first-order chi connectivity index (χ1) is 24.9. The molecular formula is C40H48N4O8S. The predicted octanol–water partition coefficient (Wildman–Crippen LogP) is 7.14. The summed E-state index contributed by atoms with van der Waals surface area (Å²) in [6, 6.07) is 16.5. The predicted molar refractivity (Wildman–Crippen MR) is 202 cm³/mol. The molecule has 0 aliphatic carbocycles. The van der Waals surface area contributed by atoms with E-state index < -0.39 is 39.6 Å². The number of hydrogen-bond donors (Lipinski definition) is 1. The van der Waals surface area contributed by atoms with Gasteiger partial charge >= 0.3 is 6.09 Å². The van der Waals surface area contributed by atoms with Gasteiger partial charge in [-0.15, -0.1) is 0 Å². The van der Waals surface area contributed by atoms with Crippen molar-refractivity contribution in [2.45, 2.75) is 102 Å². The molecule has 0 radical (unpaired) electrons. The molecule has 3 aromatic rings. The van der Waals surface area contributed by atoms with Gasteiger partial charge in [0.05, 0.1) is 18.0 Å². The van der Waals surface area contributed by atoms with Crippen molar-refractivity contribution in [2.24, 2.45) is 4.99 Å². The van der Waals surface area contributed by atoms with Crippen molar-refractivity contribution in [3.63, 3.8) is 0 Å². The van der Waals surface area contributed by atoms with Crippen LogP contribution in [0.15, 0.2) is 76.6 Å². The van der Waals surface area contributed by atoms with E-state index in [2.05, 4.69) is 64.0 Å². The number of hydrogen-bond acceptors (Lipinski definition) is 9. The van der Waals surface area contributed by atoms with Gasteiger partial charge in [0.1, 0.15) is 10.6 Å². The third-order valence-electron chi connectivity index (χ3n) is 10.3. The number of amidine groups is 1. The average Bonchev–Trinajstić information content (AvgIpc) is 3.32. The van der Waals surface area contributed by atoms with Crippen LogP contribution in [0.25, 0.3) is 0 Å². The number of aldehydes is 1. The molecule has 53 heavy (non-hydrogen) atoms. The molecule has 2 aliphatic heterocycles. The van der Waals surface area contributed by atoms with Crippen LogP contribution in [0.5, 0.6) is 5.75 Å². The van der Waals surface area contributed by atoms with Crippen molar-refractivity contribution in [3.05, 3.63) is 83.4 Å². The number of anilines is 1. The highest BCUT2D eigenvalue weighted by Crippen LogP contribution is 2.39. The summed E-state index contributed by atoms with van der Waals surface area (Å²) in [7, 11) is -4.37. The Morgan fingerprint density at radius 3 is 2.28 bits per heavy atom. The summed E-state index contributed by atoms with van der Waals surface area (Å²) in [6.45, 7) is 15.6. The second-order valence-electron chi connectivity index (χ2n) is 15.1. The lowest BCUT2D eigenvalue weighted by atomic mass is 9.76. The fraction of sp³-hybridized carbons (Fsp3) is 0.425. The smallest absolute Gasteiger partial charge is 0.418 e. The van der Waals surface area contributed by atoms with E-state index in [1.807, 2.05) is 6.07 Å². The molecule has 13 heteroatoms. The van der Waals surface area contributed by atoms with E-state index in [0.29, 0.717) is 16.9 Å². The first-order valence-corrected chi connectivity index (χ1v) is 19.2. The number of imide groups is 1. The van der Waals surface area contributed by atoms with Crippen molar-refractivity contribution in [3.8, 4) is 5.75 Å². The van der Waals surface area contributed by atoms with Crippen LogP contribution in [0.2, 0.25) is 0 Å². The molecule has 1 N–H and O–H groups in total. The second-order valence-corrected chi connectivity index (χ2v) is 16.9. The van der Waals surface area contributed by atoms with Gasteiger partial charge in [-0.05, 0) is 73.4 Å². The van der Waals surface area contributed by atoms with Crippen molar-refractivity contribution in [2.75, 3.05) is 18.5 Å². The van der Waals surface area contributed by atoms with Crippen molar-refractivity contribution < 1.29 is 37.1 Å². The van der Waals surface area contributed by atoms with E-state index in [9.17, 15) is 27.6 Å². The highest BCUT2D eigenvalue weighted by Gasteiger charge is 2.55. The Morgan fingerprint density at radius 1 is 0.981 bits per heavy atom. The molecule has 1 fully saturated rings. The monoisotopic (exact) mass is 744 g/mol. The minimum Gasteiger partial charge on any atom is -0.493 e. The molecule has 0 spiro atoms. The Hall–Kier alpha value is -5.04. The SMILES string of the molecule is CCC(C)(C)c1ccc(OCCCN2C(C(C(=O)Nc3ccccc3C=O)N3C(=O)OC(C)(C)C3=O)=Nc3ccccc3S2(=O)=O)c(C(C)(C)CC)c1. The highest BCUT2D eigenvalue weighted by molar-refractivity contribution is 7.90. The van der Waals surface area contributed by atoms with Crippen molar-refractivity contribution in [1.29, 1.82) is 0 Å². The summed E-state index contributed by atoms with van der Waals surface area (Å²) in [5.41, 5.74) is 0.600. The molecule has 1 saturated heterocycles. The molecule has 3 aromatic carbocycles. The molecular weight excluding hydrogens is 697 g/mol. The normalized spacial score (nSPS) is 17.1. The van der Waals surface area contributed by atoms with Gasteiger partial charge in [0, 0.05) is 24.1 Å². The highest BCUT2D eigenvalue weighted by atomic mass is 32.2. The first-order valence-electron chi connectivity index (χ1n) is 17.8. The van der Waals surface area contributed by atoms with Crippen molar-refractivity contribution in [1.82, 2.24) is 9.21 Å². The maximum Gasteiger partial charge on any atom is 0.418 e. The minimum atomic E-state index is -4.37. The van der Waals surface area contributed by atoms with E-state index in [4.69, 9.17) is 9.47 Å². The Kier molecular flexibility index (Phi) is 10.9. The number of carbonyl (C=O) groups is 4. The number of benzene rings is 3. The number of rotatable bonds is 14. The average molecular weight is 745 g/mol. The number of cyclic esters (lactones) is 1. The van der Waals surface area contributed by atoms with Gasteiger partial charge in [-0.3, -0.25) is 18.7 Å². The summed E-state index contributed by atoms with van der Waals surface area (Å²) in [5, 5.41) is 2.61. The summed E-state index contributed by atoms with van der Waals surface area (Å²) in [6.07, 6.45) is 1.36. The summed E-state index contributed by atoms with van der Waals surface area (Å²) < 4.78 is 41.4. The van der Waals surface area contributed by atoms with Gasteiger partial charge in [0.25, 0.3) is 21.8 Å². The lowest BCUT2D eigenvalue weighted by Gasteiger charge is -2.35. The zero-order valence-corrected chi connectivity index (χ0v) is 32.4. The van der Waals surface area contributed by atoms with E-state index in [1.54, 1.807) is 24.3 Å². The Morgan fingerprint density at radius 2 is 1.64 bits per heavy atom. The summed E-state index contributed by atoms with van der Waals surface area (Å²) >= 11 is 0. The van der Waals surface area contributed by atoms with Gasteiger partial charge in [-0.1, -0.05) is 77.9 Å². The largest absolute Gasteiger partial charge is 0.493 e. The Bertz CT molecular complexity index is 2070. The van der Waals surface area contributed by atoms with Gasteiger partial charge in [-0.2, -0.15) is 0 Å². The summed E-state index contributed by atoms with van der Waals surface area (Å²) in [5.74, 6) is -1.54. The van der Waals surface area contributed by atoms with Crippen molar-refractivity contribution >= 4 is 51.4 Å². The maximum absolute atomic E-state index is 14.4. The van der Waals surface area contributed by atoms with Gasteiger partial charge in [0.15, 0.2) is 23.8 Å². The maximum atomic E-state index is 14.4. The summed E-state index contributed by atoms with van der Waals surface area (Å²) in [4.78, 5) is 58.2. The fourth-order valence-electron chi connectivity index (χ4n) is 6.18. The van der Waals surface area contributed by atoms with Crippen LogP contribution in [0.3, 0.4) is 0 Å². The number of carbonyl (C=O) groups excluding carboxylic acids is 4. The van der Waals surface area contributed by atoms with Gasteiger partial charge in [-0.25, -0.2) is 23.1 Å². The van der Waals surface area contributed by atoms with E-state index in [-0.39, 0.29) is 58.1 Å². The number of nitrogens with one attached hydrogen (secondary N) is 1. The van der Waals surface area contributed by atoms with Crippen LogP contribution in [-0.2, 0) is 35.2 Å². The van der Waals surface area contributed by atoms with E-state index in [0.717, 1.165) is 22.7 Å². The molecule has 3 amide bonds. The third-order valence-corrected chi connectivity index (χ3v) is 12.2. The molecule has 1 unspecified atom stereocenters. The van der Waals surface area contributed by atoms with Crippen LogP contribution in [-0.4, -0.2) is 72.4 Å². The second kappa shape index (κ2) is 14.8. The standard InChI is InChI=1S/C40H48N4O8S/c1-9-38(3,4)27-20-21-31(28(24-27)39(5,6)10-2)51-23-15-22-43-34(41-30-18-13-14-19-32(30)53(43,49)50)33(44-36(47)40(7,8)52-37(44)48)35(46)42-29-17-12-11-16-26(29)25-45/h11-14,16-21,24-25,33H,9-10,15,22-23H2,1-8H3,(H,42,46).